The van der Waals surface area contributed by atoms with Gasteiger partial charge in [-0.1, -0.05) is 18.2 Å². The molecule has 0 fully saturated rings. The van der Waals surface area contributed by atoms with Gasteiger partial charge in [-0.25, -0.2) is 0 Å². The van der Waals surface area contributed by atoms with Crippen molar-refractivity contribution in [2.24, 2.45) is 5.73 Å². The van der Waals surface area contributed by atoms with Gasteiger partial charge in [-0.15, -0.1) is 0 Å². The van der Waals surface area contributed by atoms with Crippen molar-refractivity contribution in [2.45, 2.75) is 12.5 Å². The average Bonchev–Trinajstić information content (AvgIpc) is 2.34. The van der Waals surface area contributed by atoms with Crippen LogP contribution in [0, 0.1) is 0 Å². The van der Waals surface area contributed by atoms with Gasteiger partial charge in [0, 0.05) is 0 Å². The highest BCUT2D eigenvalue weighted by atomic mass is 32.2. The van der Waals surface area contributed by atoms with Gasteiger partial charge >= 0.3 is 0 Å². The zero-order valence-electron chi connectivity index (χ0n) is 9.27. The second-order valence-electron chi connectivity index (χ2n) is 3.37. The van der Waals surface area contributed by atoms with Gasteiger partial charge in [-0.05, 0) is 30.6 Å². The highest BCUT2D eigenvalue weighted by Gasteiger charge is 2.11. The summed E-state index contributed by atoms with van der Waals surface area (Å²) >= 11 is 1.68. The van der Waals surface area contributed by atoms with E-state index in [1.54, 1.807) is 11.8 Å². The topological polar surface area (TPSA) is 67.2 Å². The first-order valence-electron chi connectivity index (χ1n) is 5.09. The normalized spacial score (nSPS) is 11.9. The summed E-state index contributed by atoms with van der Waals surface area (Å²) in [5, 5.41) is 0. The molecule has 0 heterocycles. The van der Waals surface area contributed by atoms with Gasteiger partial charge in [0.1, 0.15) is 0 Å². The average molecular weight is 239 g/mol. The lowest BCUT2D eigenvalue weighted by Crippen LogP contribution is -2.43. The number of carbonyl (C=O) groups is 1. The van der Waals surface area contributed by atoms with E-state index in [-0.39, 0.29) is 5.91 Å². The fraction of sp³-hybridized carbons (Fsp3) is 0.364. The molecule has 4 N–H and O–H groups in total. The van der Waals surface area contributed by atoms with E-state index in [1.165, 1.54) is 0 Å². The summed E-state index contributed by atoms with van der Waals surface area (Å²) in [4.78, 5) is 11.5. The monoisotopic (exact) mass is 239 g/mol. The van der Waals surface area contributed by atoms with Gasteiger partial charge in [-0.2, -0.15) is 11.8 Å². The number of hydrogen-bond donors (Lipinski definition) is 3. The molecule has 0 spiro atoms. The molecule has 0 unspecified atom stereocenters. The first-order valence-corrected chi connectivity index (χ1v) is 6.49. The van der Waals surface area contributed by atoms with Crippen LogP contribution in [-0.4, -0.2) is 24.0 Å². The Labute approximate surface area is 100.0 Å². The van der Waals surface area contributed by atoms with Crippen LogP contribution in [0.25, 0.3) is 0 Å². The van der Waals surface area contributed by atoms with Crippen molar-refractivity contribution < 1.29 is 4.79 Å². The zero-order valence-corrected chi connectivity index (χ0v) is 10.1. The number of para-hydroxylation sites is 1. The molecule has 1 aromatic carbocycles. The fourth-order valence-electron chi connectivity index (χ4n) is 1.12. The third-order valence-electron chi connectivity index (χ3n) is 2.07. The molecule has 0 bridgehead atoms. The van der Waals surface area contributed by atoms with Crippen molar-refractivity contribution in [3.8, 4) is 0 Å². The number of benzene rings is 1. The number of carbonyl (C=O) groups excluding carboxylic acids is 1. The van der Waals surface area contributed by atoms with E-state index >= 15 is 0 Å². The summed E-state index contributed by atoms with van der Waals surface area (Å²) in [6.07, 6.45) is 2.68. The number of anilines is 1. The van der Waals surface area contributed by atoms with Gasteiger partial charge in [0.2, 0.25) is 0 Å². The molecule has 0 saturated carbocycles. The minimum atomic E-state index is -0.455. The maximum absolute atomic E-state index is 11.5. The standard InChI is InChI=1S/C11H17N3OS/c1-16-8-7-10(12)11(15)14-13-9-5-3-2-4-6-9/h2-6,10,13H,7-8,12H2,1H3,(H,14,15)/t10-/m0/s1. The number of nitrogens with two attached hydrogens (primary N) is 1. The molecular weight excluding hydrogens is 222 g/mol. The summed E-state index contributed by atoms with van der Waals surface area (Å²) in [7, 11) is 0. The van der Waals surface area contributed by atoms with Crippen LogP contribution in [0.15, 0.2) is 30.3 Å². The molecule has 0 aliphatic heterocycles. The molecule has 0 aliphatic rings. The third-order valence-corrected chi connectivity index (χ3v) is 2.72. The molecule has 0 saturated heterocycles. The molecule has 88 valence electrons. The van der Waals surface area contributed by atoms with E-state index in [4.69, 9.17) is 5.73 Å². The Morgan fingerprint density at radius 3 is 2.75 bits per heavy atom. The minimum absolute atomic E-state index is 0.182. The molecule has 4 nitrogen and oxygen atoms in total. The smallest absolute Gasteiger partial charge is 0.255 e. The maximum Gasteiger partial charge on any atom is 0.255 e. The lowest BCUT2D eigenvalue weighted by atomic mass is 10.2. The van der Waals surface area contributed by atoms with E-state index < -0.39 is 6.04 Å². The summed E-state index contributed by atoms with van der Waals surface area (Å²) in [6, 6.07) is 8.98. The molecular formula is C11H17N3OS. The lowest BCUT2D eigenvalue weighted by Gasteiger charge is -2.13. The van der Waals surface area contributed by atoms with Crippen LogP contribution in [0.3, 0.4) is 0 Å². The van der Waals surface area contributed by atoms with Gasteiger partial charge in [-0.3, -0.25) is 15.6 Å². The number of nitrogens with one attached hydrogen (secondary N) is 2. The molecule has 5 heteroatoms. The van der Waals surface area contributed by atoms with Gasteiger partial charge in [0.15, 0.2) is 0 Å². The predicted molar refractivity (Wildman–Crippen MR) is 69.2 cm³/mol. The number of rotatable bonds is 6. The van der Waals surface area contributed by atoms with Crippen LogP contribution in [-0.2, 0) is 4.79 Å². The molecule has 1 rings (SSSR count). The number of thioether (sulfide) groups is 1. The van der Waals surface area contributed by atoms with Gasteiger partial charge in [0.05, 0.1) is 11.7 Å². The Morgan fingerprint density at radius 1 is 1.44 bits per heavy atom. The van der Waals surface area contributed by atoms with Crippen molar-refractivity contribution in [3.05, 3.63) is 30.3 Å². The van der Waals surface area contributed by atoms with Crippen LogP contribution in [0.1, 0.15) is 6.42 Å². The van der Waals surface area contributed by atoms with E-state index in [1.807, 2.05) is 36.6 Å². The minimum Gasteiger partial charge on any atom is -0.320 e. The quantitative estimate of drug-likeness (QED) is 0.653. The summed E-state index contributed by atoms with van der Waals surface area (Å²) in [6.45, 7) is 0. The first-order chi connectivity index (χ1) is 7.74. The number of hydrazine groups is 1. The molecule has 16 heavy (non-hydrogen) atoms. The highest BCUT2D eigenvalue weighted by Crippen LogP contribution is 2.03. The maximum atomic E-state index is 11.5. The Bertz CT molecular complexity index is 318. The Balaban J connectivity index is 2.29. The molecule has 0 radical (unpaired) electrons. The number of amides is 1. The predicted octanol–water partition coefficient (Wildman–Crippen LogP) is 1.21. The summed E-state index contributed by atoms with van der Waals surface area (Å²) < 4.78 is 0. The lowest BCUT2D eigenvalue weighted by molar-refractivity contribution is -0.121. The van der Waals surface area contributed by atoms with Crippen LogP contribution in [0.2, 0.25) is 0 Å². The first kappa shape index (κ1) is 12.9. The molecule has 0 aliphatic carbocycles. The van der Waals surface area contributed by atoms with E-state index in [9.17, 15) is 4.79 Å². The fourth-order valence-corrected chi connectivity index (χ4v) is 1.61. The van der Waals surface area contributed by atoms with Crippen molar-refractivity contribution in [3.63, 3.8) is 0 Å². The van der Waals surface area contributed by atoms with Gasteiger partial charge in [0.25, 0.3) is 5.91 Å². The van der Waals surface area contributed by atoms with Crippen LogP contribution in [0.5, 0.6) is 0 Å². The summed E-state index contributed by atoms with van der Waals surface area (Å²) in [5.74, 6) is 0.706. The summed E-state index contributed by atoms with van der Waals surface area (Å²) in [5.41, 5.74) is 11.9. The Morgan fingerprint density at radius 2 is 2.12 bits per heavy atom. The van der Waals surface area contributed by atoms with Gasteiger partial charge < -0.3 is 5.73 Å². The second-order valence-corrected chi connectivity index (χ2v) is 4.35. The van der Waals surface area contributed by atoms with Crippen LogP contribution < -0.4 is 16.6 Å². The van der Waals surface area contributed by atoms with E-state index in [2.05, 4.69) is 10.9 Å². The number of hydrogen-bond acceptors (Lipinski definition) is 4. The highest BCUT2D eigenvalue weighted by molar-refractivity contribution is 7.98. The van der Waals surface area contributed by atoms with Crippen molar-refractivity contribution >= 4 is 23.4 Å². The van der Waals surface area contributed by atoms with E-state index in [0.29, 0.717) is 6.42 Å². The largest absolute Gasteiger partial charge is 0.320 e. The third kappa shape index (κ3) is 4.55. The SMILES string of the molecule is CSCC[C@H](N)C(=O)NNc1ccccc1. The van der Waals surface area contributed by atoms with Crippen LogP contribution >= 0.6 is 11.8 Å². The molecule has 1 atom stereocenters. The van der Waals surface area contributed by atoms with Crippen LogP contribution in [0.4, 0.5) is 5.69 Å². The van der Waals surface area contributed by atoms with Crippen molar-refractivity contribution in [1.82, 2.24) is 5.43 Å². The molecule has 1 amide bonds. The second kappa shape index (κ2) is 7.14. The van der Waals surface area contributed by atoms with Crippen molar-refractivity contribution in [2.75, 3.05) is 17.4 Å². The molecule has 0 aromatic heterocycles. The zero-order chi connectivity index (χ0) is 11.8. The van der Waals surface area contributed by atoms with Crippen molar-refractivity contribution in [1.29, 1.82) is 0 Å². The Kier molecular flexibility index (Phi) is 5.74. The van der Waals surface area contributed by atoms with E-state index in [0.717, 1.165) is 11.4 Å². The Hall–Kier alpha value is -1.20. The molecule has 1 aromatic rings.